The number of ether oxygens (including phenoxy) is 6. The summed E-state index contributed by atoms with van der Waals surface area (Å²) in [5, 5.41) is 120. The van der Waals surface area contributed by atoms with E-state index in [0.29, 0.717) is 12.8 Å². The van der Waals surface area contributed by atoms with E-state index < -0.39 is 124 Å². The molecule has 3 rings (SSSR count). The zero-order chi connectivity index (χ0) is 56.2. The normalized spacial score (nSPS) is 30.6. The predicted molar refractivity (Wildman–Crippen MR) is 291 cm³/mol. The van der Waals surface area contributed by atoms with Crippen molar-refractivity contribution < 1.29 is 89.4 Å². The average molecular weight is 1110 g/mol. The minimum absolute atomic E-state index is 0.253. The fourth-order valence-corrected chi connectivity index (χ4v) is 10.8. The van der Waals surface area contributed by atoms with E-state index in [1.165, 1.54) is 148 Å². The summed E-state index contributed by atoms with van der Waals surface area (Å²) < 4.78 is 34.2. The molecule has 17 atom stereocenters. The van der Waals surface area contributed by atoms with Crippen molar-refractivity contribution >= 4 is 5.91 Å². The first-order chi connectivity index (χ1) is 37.3. The maximum absolute atomic E-state index is 13.1. The van der Waals surface area contributed by atoms with Gasteiger partial charge >= 0.3 is 0 Å². The first-order valence-electron chi connectivity index (χ1n) is 30.8. The summed E-state index contributed by atoms with van der Waals surface area (Å²) in [6.45, 7) is 1.70. The molecule has 0 aromatic rings. The Balaban J connectivity index is 1.35. The van der Waals surface area contributed by atoms with Gasteiger partial charge in [-0.25, -0.2) is 0 Å². The molecule has 19 heteroatoms. The summed E-state index contributed by atoms with van der Waals surface area (Å²) in [6.07, 6.45) is 14.2. The molecule has 0 spiro atoms. The number of unbranched alkanes of at least 4 members (excludes halogenated alkanes) is 30. The van der Waals surface area contributed by atoms with Crippen molar-refractivity contribution in [2.75, 3.05) is 26.4 Å². The Bertz CT molecular complexity index is 1420. The second-order valence-electron chi connectivity index (χ2n) is 22.5. The van der Waals surface area contributed by atoms with Crippen LogP contribution < -0.4 is 5.32 Å². The fraction of sp³-hybridized carbons (Fsp3) is 0.983. The van der Waals surface area contributed by atoms with Gasteiger partial charge in [0.05, 0.1) is 38.6 Å². The Morgan fingerprint density at radius 1 is 0.416 bits per heavy atom. The first-order valence-corrected chi connectivity index (χ1v) is 30.8. The molecule has 12 N–H and O–H groups in total. The highest BCUT2D eigenvalue weighted by Gasteiger charge is 2.53. The van der Waals surface area contributed by atoms with Gasteiger partial charge in [0.15, 0.2) is 18.9 Å². The highest BCUT2D eigenvalue weighted by molar-refractivity contribution is 5.76. The van der Waals surface area contributed by atoms with E-state index in [0.717, 1.165) is 51.4 Å². The van der Waals surface area contributed by atoms with E-state index in [1.807, 2.05) is 0 Å². The lowest BCUT2D eigenvalue weighted by Crippen LogP contribution is -2.66. The van der Waals surface area contributed by atoms with Crippen LogP contribution in [0.3, 0.4) is 0 Å². The Labute approximate surface area is 462 Å². The standard InChI is InChI=1S/C58H111NO18/c1-3-5-7-9-10-11-12-13-14-15-16-17-18-19-20-21-22-23-24-25-26-27-28-29-30-32-33-35-42(63)41(59-46(64)36-34-31-8-6-4-2)40-72-56-52(70)49(67)54(44(38-61)74-56)77-58-53(71)50(68)55(45(39-62)75-58)76-57-51(69)48(66)47(65)43(37-60)73-57/h41-45,47-58,60-63,65-71H,3-40H2,1-2H3,(H,59,64). The Hall–Kier alpha value is -1.21. The number of carbonyl (C=O) groups excluding carboxylic acids is 1. The van der Waals surface area contributed by atoms with Crippen LogP contribution in [0.4, 0.5) is 0 Å². The lowest BCUT2D eigenvalue weighted by atomic mass is 9.96. The maximum Gasteiger partial charge on any atom is 0.220 e. The average Bonchev–Trinajstić information content (AvgIpc) is 3.45. The van der Waals surface area contributed by atoms with Crippen LogP contribution in [0.15, 0.2) is 0 Å². The number of aliphatic hydroxyl groups is 11. The van der Waals surface area contributed by atoms with E-state index in [-0.39, 0.29) is 18.9 Å². The summed E-state index contributed by atoms with van der Waals surface area (Å²) in [7, 11) is 0. The Kier molecular flexibility index (Phi) is 38.7. The summed E-state index contributed by atoms with van der Waals surface area (Å²) >= 11 is 0. The Morgan fingerprint density at radius 3 is 1.13 bits per heavy atom. The van der Waals surface area contributed by atoms with Gasteiger partial charge in [0.1, 0.15) is 73.2 Å². The van der Waals surface area contributed by atoms with Crippen molar-refractivity contribution in [3.8, 4) is 0 Å². The molecule has 456 valence electrons. The number of carbonyl (C=O) groups is 1. The number of hydrogen-bond acceptors (Lipinski definition) is 18. The van der Waals surface area contributed by atoms with E-state index in [2.05, 4.69) is 19.2 Å². The third-order valence-corrected chi connectivity index (χ3v) is 15.9. The molecule has 19 nitrogen and oxygen atoms in total. The van der Waals surface area contributed by atoms with Gasteiger partial charge in [-0.3, -0.25) is 4.79 Å². The second-order valence-corrected chi connectivity index (χ2v) is 22.5. The zero-order valence-electron chi connectivity index (χ0n) is 47.5. The molecule has 0 aliphatic carbocycles. The van der Waals surface area contributed by atoms with E-state index in [1.54, 1.807) is 0 Å². The number of amides is 1. The topological polar surface area (TPSA) is 307 Å². The lowest BCUT2D eigenvalue weighted by molar-refractivity contribution is -0.379. The molecule has 3 heterocycles. The molecule has 3 fully saturated rings. The van der Waals surface area contributed by atoms with Gasteiger partial charge in [-0.15, -0.1) is 0 Å². The smallest absolute Gasteiger partial charge is 0.220 e. The highest BCUT2D eigenvalue weighted by atomic mass is 16.8. The zero-order valence-corrected chi connectivity index (χ0v) is 47.5. The van der Waals surface area contributed by atoms with Gasteiger partial charge in [-0.1, -0.05) is 213 Å². The molecule has 17 unspecified atom stereocenters. The van der Waals surface area contributed by atoms with Crippen LogP contribution >= 0.6 is 0 Å². The minimum Gasteiger partial charge on any atom is -0.394 e. The van der Waals surface area contributed by atoms with Crippen molar-refractivity contribution in [1.82, 2.24) is 5.32 Å². The molecule has 0 bridgehead atoms. The van der Waals surface area contributed by atoms with Crippen LogP contribution in [-0.2, 0) is 33.2 Å². The quantitative estimate of drug-likeness (QED) is 0.0330. The van der Waals surface area contributed by atoms with Gasteiger partial charge < -0.3 is 89.9 Å². The van der Waals surface area contributed by atoms with Crippen molar-refractivity contribution in [1.29, 1.82) is 0 Å². The van der Waals surface area contributed by atoms with Crippen LogP contribution in [0.1, 0.15) is 232 Å². The lowest BCUT2D eigenvalue weighted by Gasteiger charge is -2.48. The summed E-state index contributed by atoms with van der Waals surface area (Å²) in [5.74, 6) is -0.253. The van der Waals surface area contributed by atoms with Gasteiger partial charge in [0.2, 0.25) is 5.91 Å². The van der Waals surface area contributed by atoms with Gasteiger partial charge in [0.25, 0.3) is 0 Å². The van der Waals surface area contributed by atoms with Crippen LogP contribution in [0, 0.1) is 0 Å². The molecule has 0 aromatic heterocycles. The van der Waals surface area contributed by atoms with Crippen molar-refractivity contribution in [2.24, 2.45) is 0 Å². The largest absolute Gasteiger partial charge is 0.394 e. The monoisotopic (exact) mass is 1110 g/mol. The molecule has 0 saturated carbocycles. The SMILES string of the molecule is CCCCCCCCCCCCCCCCCCCCCCCCCCCCCC(O)C(COC1OC(CO)C(OC2OC(CO)C(OC3OC(CO)C(O)C(O)C3O)C(O)C2O)C(O)C1O)NC(=O)CCCCCCC. The van der Waals surface area contributed by atoms with Crippen LogP contribution in [0.5, 0.6) is 0 Å². The van der Waals surface area contributed by atoms with E-state index >= 15 is 0 Å². The first kappa shape index (κ1) is 70.1. The molecular formula is C58H111NO18. The van der Waals surface area contributed by atoms with Gasteiger partial charge in [-0.2, -0.15) is 0 Å². The van der Waals surface area contributed by atoms with Crippen LogP contribution in [0.2, 0.25) is 0 Å². The summed E-state index contributed by atoms with van der Waals surface area (Å²) in [4.78, 5) is 13.1. The minimum atomic E-state index is -1.97. The molecule has 3 aliphatic rings. The summed E-state index contributed by atoms with van der Waals surface area (Å²) in [6, 6.07) is -0.877. The number of aliphatic hydroxyl groups excluding tert-OH is 11. The molecule has 3 saturated heterocycles. The Morgan fingerprint density at radius 2 is 0.740 bits per heavy atom. The molecule has 1 amide bonds. The van der Waals surface area contributed by atoms with Crippen LogP contribution in [-0.4, -0.2) is 193 Å². The molecule has 0 aromatic carbocycles. The maximum atomic E-state index is 13.1. The van der Waals surface area contributed by atoms with Crippen molar-refractivity contribution in [3.63, 3.8) is 0 Å². The molecular weight excluding hydrogens is 999 g/mol. The number of rotatable bonds is 46. The number of nitrogens with one attached hydrogen (secondary N) is 1. The van der Waals surface area contributed by atoms with Gasteiger partial charge in [-0.05, 0) is 12.8 Å². The van der Waals surface area contributed by atoms with Gasteiger partial charge in [0, 0.05) is 6.42 Å². The summed E-state index contributed by atoms with van der Waals surface area (Å²) in [5.41, 5.74) is 0. The second kappa shape index (κ2) is 42.6. The van der Waals surface area contributed by atoms with E-state index in [4.69, 9.17) is 28.4 Å². The fourth-order valence-electron chi connectivity index (χ4n) is 10.8. The predicted octanol–water partition coefficient (Wildman–Crippen LogP) is 5.60. The van der Waals surface area contributed by atoms with Crippen molar-refractivity contribution in [3.05, 3.63) is 0 Å². The highest BCUT2D eigenvalue weighted by Crippen LogP contribution is 2.33. The third-order valence-electron chi connectivity index (χ3n) is 15.9. The van der Waals surface area contributed by atoms with E-state index in [9.17, 15) is 61.0 Å². The molecule has 0 radical (unpaired) electrons. The molecule has 3 aliphatic heterocycles. The van der Waals surface area contributed by atoms with Crippen molar-refractivity contribution in [2.45, 2.75) is 336 Å². The molecule has 77 heavy (non-hydrogen) atoms. The van der Waals surface area contributed by atoms with Crippen LogP contribution in [0.25, 0.3) is 0 Å². The third kappa shape index (κ3) is 26.7. The number of hydrogen-bond donors (Lipinski definition) is 12.